The average Bonchev–Trinajstić information content (AvgIpc) is 2.85. The molecule has 0 radical (unpaired) electrons. The lowest BCUT2D eigenvalue weighted by atomic mass is 10.2. The maximum atomic E-state index is 11.9. The van der Waals surface area contributed by atoms with Crippen molar-refractivity contribution in [3.63, 3.8) is 0 Å². The average molecular weight is 209 g/mol. The molecule has 1 aromatic heterocycles. The van der Waals surface area contributed by atoms with Gasteiger partial charge in [-0.1, -0.05) is 0 Å². The molecule has 1 unspecified atom stereocenters. The second-order valence-corrected chi connectivity index (χ2v) is 3.81. The summed E-state index contributed by atoms with van der Waals surface area (Å²) in [4.78, 5) is 17.6. The van der Waals surface area contributed by atoms with Gasteiger partial charge in [-0.15, -0.1) is 5.10 Å². The fourth-order valence-corrected chi connectivity index (χ4v) is 1.73. The summed E-state index contributed by atoms with van der Waals surface area (Å²) in [5.41, 5.74) is 0. The number of rotatable bonds is 2. The zero-order valence-electron chi connectivity index (χ0n) is 8.95. The maximum absolute atomic E-state index is 11.9. The fraction of sp³-hybridized carbons (Fsp3) is 0.667. The first-order chi connectivity index (χ1) is 7.18. The van der Waals surface area contributed by atoms with E-state index in [-0.39, 0.29) is 17.8 Å². The van der Waals surface area contributed by atoms with Crippen molar-refractivity contribution in [3.05, 3.63) is 11.6 Å². The molecule has 1 fully saturated rings. The second kappa shape index (κ2) is 3.98. The lowest BCUT2D eigenvalue weighted by Crippen LogP contribution is -2.38. The smallest absolute Gasteiger partial charge is 0.293 e. The van der Waals surface area contributed by atoms with Crippen LogP contribution < -0.4 is 5.32 Å². The standard InChI is InChI=1S/C9H15N5O/c1-6-11-8(13-12-6)9(15)14(2)7-3-4-10-5-7/h7,10H,3-5H2,1-2H3,(H,11,12,13). The first-order valence-electron chi connectivity index (χ1n) is 5.05. The van der Waals surface area contributed by atoms with Crippen molar-refractivity contribution in [2.75, 3.05) is 20.1 Å². The molecule has 2 rings (SSSR count). The summed E-state index contributed by atoms with van der Waals surface area (Å²) in [7, 11) is 1.80. The predicted molar refractivity (Wildman–Crippen MR) is 54.5 cm³/mol. The molecule has 0 bridgehead atoms. The van der Waals surface area contributed by atoms with Gasteiger partial charge >= 0.3 is 0 Å². The molecule has 2 N–H and O–H groups in total. The molecule has 6 nitrogen and oxygen atoms in total. The molecule has 1 aliphatic rings. The van der Waals surface area contributed by atoms with E-state index in [4.69, 9.17) is 0 Å². The largest absolute Gasteiger partial charge is 0.335 e. The van der Waals surface area contributed by atoms with Crippen molar-refractivity contribution in [2.45, 2.75) is 19.4 Å². The number of likely N-dealkylation sites (N-methyl/N-ethyl adjacent to an activating group) is 1. The van der Waals surface area contributed by atoms with Crippen LogP contribution in [0.2, 0.25) is 0 Å². The van der Waals surface area contributed by atoms with Crippen LogP contribution in [0.4, 0.5) is 0 Å². The minimum atomic E-state index is -0.118. The number of aryl methyl sites for hydroxylation is 1. The Hall–Kier alpha value is -1.43. The number of aromatic amines is 1. The number of hydrogen-bond acceptors (Lipinski definition) is 4. The van der Waals surface area contributed by atoms with Crippen LogP contribution in [0.15, 0.2) is 0 Å². The predicted octanol–water partition coefficient (Wildman–Crippen LogP) is -0.453. The van der Waals surface area contributed by atoms with Crippen molar-refractivity contribution in [1.29, 1.82) is 0 Å². The summed E-state index contributed by atoms with van der Waals surface area (Å²) in [6, 6.07) is 0.260. The van der Waals surface area contributed by atoms with Crippen molar-refractivity contribution in [1.82, 2.24) is 25.4 Å². The van der Waals surface area contributed by atoms with Gasteiger partial charge in [0.2, 0.25) is 5.82 Å². The van der Waals surface area contributed by atoms with Crippen LogP contribution in [0.1, 0.15) is 22.9 Å². The number of carbonyl (C=O) groups excluding carboxylic acids is 1. The Morgan fingerprint density at radius 2 is 2.40 bits per heavy atom. The number of H-pyrrole nitrogens is 1. The Balaban J connectivity index is 2.06. The van der Waals surface area contributed by atoms with Crippen LogP contribution in [0.3, 0.4) is 0 Å². The molecule has 82 valence electrons. The lowest BCUT2D eigenvalue weighted by Gasteiger charge is -2.22. The third-order valence-electron chi connectivity index (χ3n) is 2.69. The molecular formula is C9H15N5O. The van der Waals surface area contributed by atoms with E-state index in [2.05, 4.69) is 20.5 Å². The van der Waals surface area contributed by atoms with Gasteiger partial charge in [-0.05, 0) is 19.9 Å². The molecular weight excluding hydrogens is 194 g/mol. The summed E-state index contributed by atoms with van der Waals surface area (Å²) in [6.45, 7) is 3.60. The first-order valence-corrected chi connectivity index (χ1v) is 5.05. The minimum Gasteiger partial charge on any atom is -0.335 e. The van der Waals surface area contributed by atoms with Gasteiger partial charge in [0.05, 0.1) is 0 Å². The van der Waals surface area contributed by atoms with Crippen molar-refractivity contribution in [2.24, 2.45) is 0 Å². The number of hydrogen-bond donors (Lipinski definition) is 2. The van der Waals surface area contributed by atoms with Gasteiger partial charge in [0, 0.05) is 19.6 Å². The normalized spacial score (nSPS) is 20.5. The van der Waals surface area contributed by atoms with E-state index < -0.39 is 0 Å². The molecule has 6 heteroatoms. The number of amides is 1. The van der Waals surface area contributed by atoms with Crippen molar-refractivity contribution < 1.29 is 4.79 Å². The molecule has 0 spiro atoms. The van der Waals surface area contributed by atoms with E-state index in [1.807, 2.05) is 0 Å². The highest BCUT2D eigenvalue weighted by Gasteiger charge is 2.25. The number of nitrogens with one attached hydrogen (secondary N) is 2. The number of nitrogens with zero attached hydrogens (tertiary/aromatic N) is 3. The summed E-state index contributed by atoms with van der Waals surface area (Å²) in [5.74, 6) is 0.797. The van der Waals surface area contributed by atoms with Gasteiger partial charge in [-0.25, -0.2) is 4.98 Å². The number of aromatic nitrogens is 3. The van der Waals surface area contributed by atoms with Crippen molar-refractivity contribution >= 4 is 5.91 Å². The molecule has 1 aromatic rings. The molecule has 1 atom stereocenters. The SMILES string of the molecule is Cc1nc(C(=O)N(C)C2CCNC2)n[nH]1. The Labute approximate surface area is 88.1 Å². The Morgan fingerprint density at radius 3 is 2.93 bits per heavy atom. The summed E-state index contributed by atoms with van der Waals surface area (Å²) in [6.07, 6.45) is 0.992. The zero-order valence-corrected chi connectivity index (χ0v) is 8.95. The molecule has 15 heavy (non-hydrogen) atoms. The van der Waals surface area contributed by atoms with Gasteiger partial charge in [-0.3, -0.25) is 9.89 Å². The van der Waals surface area contributed by atoms with Crippen molar-refractivity contribution in [3.8, 4) is 0 Å². The van der Waals surface area contributed by atoms with Crippen LogP contribution in [-0.4, -0.2) is 52.2 Å². The van der Waals surface area contributed by atoms with Gasteiger partial charge in [0.15, 0.2) is 0 Å². The van der Waals surface area contributed by atoms with Gasteiger partial charge in [0.25, 0.3) is 5.91 Å². The molecule has 2 heterocycles. The van der Waals surface area contributed by atoms with E-state index in [1.54, 1.807) is 18.9 Å². The number of carbonyl (C=O) groups is 1. The highest BCUT2D eigenvalue weighted by molar-refractivity contribution is 5.90. The Kier molecular flexibility index (Phi) is 2.68. The van der Waals surface area contributed by atoms with Crippen LogP contribution in [0.5, 0.6) is 0 Å². The Bertz CT molecular complexity index is 355. The molecule has 0 aromatic carbocycles. The molecule has 1 amide bonds. The van der Waals surface area contributed by atoms with Crippen LogP contribution >= 0.6 is 0 Å². The van der Waals surface area contributed by atoms with Crippen LogP contribution in [0.25, 0.3) is 0 Å². The summed E-state index contributed by atoms with van der Waals surface area (Å²) < 4.78 is 0. The fourth-order valence-electron chi connectivity index (χ4n) is 1.73. The summed E-state index contributed by atoms with van der Waals surface area (Å²) >= 11 is 0. The maximum Gasteiger partial charge on any atom is 0.293 e. The second-order valence-electron chi connectivity index (χ2n) is 3.81. The van der Waals surface area contributed by atoms with Crippen LogP contribution in [-0.2, 0) is 0 Å². The Morgan fingerprint density at radius 1 is 1.60 bits per heavy atom. The van der Waals surface area contributed by atoms with E-state index >= 15 is 0 Å². The third-order valence-corrected chi connectivity index (χ3v) is 2.69. The molecule has 0 saturated carbocycles. The third kappa shape index (κ3) is 1.99. The quantitative estimate of drug-likeness (QED) is 0.691. The van der Waals surface area contributed by atoms with Gasteiger partial charge in [0.1, 0.15) is 5.82 Å². The summed E-state index contributed by atoms with van der Waals surface area (Å²) in [5, 5.41) is 9.75. The zero-order chi connectivity index (χ0) is 10.8. The highest BCUT2D eigenvalue weighted by atomic mass is 16.2. The molecule has 0 aliphatic carbocycles. The topological polar surface area (TPSA) is 73.9 Å². The van der Waals surface area contributed by atoms with E-state index in [9.17, 15) is 4.79 Å². The minimum absolute atomic E-state index is 0.118. The molecule has 1 aliphatic heterocycles. The van der Waals surface area contributed by atoms with Gasteiger partial charge in [-0.2, -0.15) is 0 Å². The molecule has 1 saturated heterocycles. The van der Waals surface area contributed by atoms with E-state index in [0.29, 0.717) is 5.82 Å². The van der Waals surface area contributed by atoms with Crippen LogP contribution in [0, 0.1) is 6.92 Å². The van der Waals surface area contributed by atoms with Gasteiger partial charge < -0.3 is 10.2 Å². The lowest BCUT2D eigenvalue weighted by molar-refractivity contribution is 0.0732. The van der Waals surface area contributed by atoms with E-state index in [1.165, 1.54) is 0 Å². The monoisotopic (exact) mass is 209 g/mol. The first kappa shape index (κ1) is 10.1. The highest BCUT2D eigenvalue weighted by Crippen LogP contribution is 2.08. The van der Waals surface area contributed by atoms with E-state index in [0.717, 1.165) is 19.5 Å².